The summed E-state index contributed by atoms with van der Waals surface area (Å²) in [6, 6.07) is 12.3. The molecule has 0 spiro atoms. The number of nitrogens with zero attached hydrogens (tertiary/aromatic N) is 2. The van der Waals surface area contributed by atoms with E-state index in [1.165, 1.54) is 42.4 Å². The lowest BCUT2D eigenvalue weighted by Gasteiger charge is -2.21. The first-order valence-corrected chi connectivity index (χ1v) is 9.89. The van der Waals surface area contributed by atoms with E-state index in [2.05, 4.69) is 23.2 Å². The Hall–Kier alpha value is -2.54. The minimum absolute atomic E-state index is 0.0463. The Balaban J connectivity index is 1.60. The third-order valence-corrected chi connectivity index (χ3v) is 5.75. The van der Waals surface area contributed by atoms with Gasteiger partial charge in [0.05, 0.1) is 10.2 Å². The number of nitro benzene ring substituents is 1. The van der Waals surface area contributed by atoms with E-state index in [9.17, 15) is 14.9 Å². The van der Waals surface area contributed by atoms with Gasteiger partial charge in [0.2, 0.25) is 5.91 Å². The zero-order valence-corrected chi connectivity index (χ0v) is 16.3. The van der Waals surface area contributed by atoms with Crippen molar-refractivity contribution in [2.24, 2.45) is 0 Å². The molecule has 27 heavy (non-hydrogen) atoms. The summed E-state index contributed by atoms with van der Waals surface area (Å²) >= 11 is 1.38. The van der Waals surface area contributed by atoms with Gasteiger partial charge in [-0.3, -0.25) is 14.9 Å². The standard InChI is InChI=1S/C20H23N3O3S/c1-14-13-16(5-10-19(14)22-11-3-4-12-22)21-20(24)15(2)27-18-8-6-17(7-9-18)23(25)26/h5-10,13,15H,3-4,11-12H2,1-2H3,(H,21,24)/t15-/m1/s1. The number of thioether (sulfide) groups is 1. The molecule has 1 aliphatic rings. The predicted molar refractivity (Wildman–Crippen MR) is 110 cm³/mol. The lowest BCUT2D eigenvalue weighted by atomic mass is 10.1. The average Bonchev–Trinajstić information content (AvgIpc) is 3.16. The Labute approximate surface area is 163 Å². The molecule has 0 bridgehead atoms. The molecular formula is C20H23N3O3S. The first kappa shape index (κ1) is 19.2. The van der Waals surface area contributed by atoms with Crippen LogP contribution in [0.3, 0.4) is 0 Å². The summed E-state index contributed by atoms with van der Waals surface area (Å²) in [7, 11) is 0. The lowest BCUT2D eigenvalue weighted by Crippen LogP contribution is -2.23. The van der Waals surface area contributed by atoms with Crippen molar-refractivity contribution in [3.05, 3.63) is 58.1 Å². The van der Waals surface area contributed by atoms with Crippen LogP contribution in [0.4, 0.5) is 17.1 Å². The largest absolute Gasteiger partial charge is 0.371 e. The highest BCUT2D eigenvalue weighted by Gasteiger charge is 2.17. The molecule has 0 unspecified atom stereocenters. The van der Waals surface area contributed by atoms with Gasteiger partial charge in [0.15, 0.2) is 0 Å². The monoisotopic (exact) mass is 385 g/mol. The van der Waals surface area contributed by atoms with Crippen LogP contribution in [0.5, 0.6) is 0 Å². The molecule has 1 atom stereocenters. The second-order valence-corrected chi connectivity index (χ2v) is 8.11. The van der Waals surface area contributed by atoms with Crippen molar-refractivity contribution in [3.63, 3.8) is 0 Å². The number of anilines is 2. The van der Waals surface area contributed by atoms with Gasteiger partial charge in [-0.05, 0) is 62.6 Å². The normalized spacial score (nSPS) is 14.8. The zero-order valence-electron chi connectivity index (χ0n) is 15.5. The van der Waals surface area contributed by atoms with Crippen molar-refractivity contribution in [2.45, 2.75) is 36.8 Å². The first-order chi connectivity index (χ1) is 12.9. The highest BCUT2D eigenvalue weighted by Crippen LogP contribution is 2.29. The van der Waals surface area contributed by atoms with Crippen LogP contribution in [0.25, 0.3) is 0 Å². The summed E-state index contributed by atoms with van der Waals surface area (Å²) in [5, 5.41) is 13.4. The molecule has 1 amide bonds. The highest BCUT2D eigenvalue weighted by molar-refractivity contribution is 8.00. The molecule has 2 aromatic rings. The summed E-state index contributed by atoms with van der Waals surface area (Å²) in [5.74, 6) is -0.0910. The van der Waals surface area contributed by atoms with Crippen LogP contribution in [0.15, 0.2) is 47.4 Å². The maximum Gasteiger partial charge on any atom is 0.269 e. The maximum absolute atomic E-state index is 12.5. The number of carbonyl (C=O) groups is 1. The van der Waals surface area contributed by atoms with Crippen LogP contribution in [-0.4, -0.2) is 29.2 Å². The Morgan fingerprint density at radius 3 is 2.44 bits per heavy atom. The van der Waals surface area contributed by atoms with Gasteiger partial charge in [0.1, 0.15) is 0 Å². The van der Waals surface area contributed by atoms with E-state index in [1.54, 1.807) is 12.1 Å². The van der Waals surface area contributed by atoms with E-state index in [4.69, 9.17) is 0 Å². The number of aryl methyl sites for hydroxylation is 1. The Morgan fingerprint density at radius 2 is 1.85 bits per heavy atom. The van der Waals surface area contributed by atoms with Crippen molar-refractivity contribution in [3.8, 4) is 0 Å². The van der Waals surface area contributed by atoms with E-state index < -0.39 is 4.92 Å². The maximum atomic E-state index is 12.5. The molecule has 2 aromatic carbocycles. The molecule has 1 fully saturated rings. The van der Waals surface area contributed by atoms with Gasteiger partial charge in [0.25, 0.3) is 5.69 Å². The molecule has 0 saturated carbocycles. The van der Waals surface area contributed by atoms with Crippen LogP contribution >= 0.6 is 11.8 Å². The highest BCUT2D eigenvalue weighted by atomic mass is 32.2. The molecule has 142 valence electrons. The third kappa shape index (κ3) is 4.80. The molecule has 0 aliphatic carbocycles. The summed E-state index contributed by atoms with van der Waals surface area (Å²) in [6.45, 7) is 6.08. The SMILES string of the molecule is Cc1cc(NC(=O)[C@@H](C)Sc2ccc([N+](=O)[O-])cc2)ccc1N1CCCC1. The van der Waals surface area contributed by atoms with Gasteiger partial charge in [0, 0.05) is 41.5 Å². The fourth-order valence-electron chi connectivity index (χ4n) is 3.19. The van der Waals surface area contributed by atoms with E-state index in [0.29, 0.717) is 0 Å². The number of nitrogens with one attached hydrogen (secondary N) is 1. The van der Waals surface area contributed by atoms with Gasteiger partial charge in [-0.25, -0.2) is 0 Å². The molecule has 0 radical (unpaired) electrons. The van der Waals surface area contributed by atoms with E-state index >= 15 is 0 Å². The predicted octanol–water partition coefficient (Wildman–Crippen LogP) is 4.62. The van der Waals surface area contributed by atoms with Crippen LogP contribution < -0.4 is 10.2 Å². The minimum atomic E-state index is -0.432. The van der Waals surface area contributed by atoms with Crippen molar-refractivity contribution in [2.75, 3.05) is 23.3 Å². The summed E-state index contributed by atoms with van der Waals surface area (Å²) < 4.78 is 0. The van der Waals surface area contributed by atoms with Gasteiger partial charge >= 0.3 is 0 Å². The number of carbonyl (C=O) groups excluding carboxylic acids is 1. The molecule has 7 heteroatoms. The smallest absolute Gasteiger partial charge is 0.269 e. The molecule has 0 aromatic heterocycles. The second-order valence-electron chi connectivity index (χ2n) is 6.70. The summed E-state index contributed by atoms with van der Waals surface area (Å²) in [4.78, 5) is 26.0. The number of non-ortho nitro benzene ring substituents is 1. The van der Waals surface area contributed by atoms with E-state index in [-0.39, 0.29) is 16.8 Å². The van der Waals surface area contributed by atoms with Gasteiger partial charge in [-0.1, -0.05) is 0 Å². The average molecular weight is 385 g/mol. The van der Waals surface area contributed by atoms with Crippen molar-refractivity contribution < 1.29 is 9.72 Å². The van der Waals surface area contributed by atoms with Crippen molar-refractivity contribution in [1.29, 1.82) is 0 Å². The minimum Gasteiger partial charge on any atom is -0.371 e. The lowest BCUT2D eigenvalue weighted by molar-refractivity contribution is -0.384. The number of rotatable bonds is 6. The molecule has 1 heterocycles. The third-order valence-electron chi connectivity index (χ3n) is 4.64. The number of amides is 1. The topological polar surface area (TPSA) is 75.5 Å². The van der Waals surface area contributed by atoms with Crippen LogP contribution in [0, 0.1) is 17.0 Å². The first-order valence-electron chi connectivity index (χ1n) is 9.01. The quantitative estimate of drug-likeness (QED) is 0.446. The number of nitro groups is 1. The van der Waals surface area contributed by atoms with Crippen LogP contribution in [0.2, 0.25) is 0 Å². The molecule has 1 aliphatic heterocycles. The van der Waals surface area contributed by atoms with Gasteiger partial charge in [-0.15, -0.1) is 11.8 Å². The van der Waals surface area contributed by atoms with Gasteiger partial charge in [-0.2, -0.15) is 0 Å². The Kier molecular flexibility index (Phi) is 6.01. The number of hydrogen-bond donors (Lipinski definition) is 1. The summed E-state index contributed by atoms with van der Waals surface area (Å²) in [5.41, 5.74) is 3.23. The molecule has 6 nitrogen and oxygen atoms in total. The van der Waals surface area contributed by atoms with Crippen molar-refractivity contribution in [1.82, 2.24) is 0 Å². The van der Waals surface area contributed by atoms with Crippen LogP contribution in [0.1, 0.15) is 25.3 Å². The molecule has 1 N–H and O–H groups in total. The van der Waals surface area contributed by atoms with Gasteiger partial charge < -0.3 is 10.2 Å². The molecule has 1 saturated heterocycles. The fraction of sp³-hybridized carbons (Fsp3) is 0.350. The molecule has 3 rings (SSSR count). The van der Waals surface area contributed by atoms with Crippen molar-refractivity contribution >= 4 is 34.7 Å². The number of benzene rings is 2. The second kappa shape index (κ2) is 8.43. The number of hydrogen-bond acceptors (Lipinski definition) is 5. The summed E-state index contributed by atoms with van der Waals surface area (Å²) in [6.07, 6.45) is 2.46. The fourth-order valence-corrected chi connectivity index (χ4v) is 4.06. The Bertz CT molecular complexity index is 833. The van der Waals surface area contributed by atoms with E-state index in [1.807, 2.05) is 19.1 Å². The van der Waals surface area contributed by atoms with Crippen LogP contribution in [-0.2, 0) is 4.79 Å². The van der Waals surface area contributed by atoms with E-state index in [0.717, 1.165) is 29.2 Å². The zero-order chi connectivity index (χ0) is 19.4. The Morgan fingerprint density at radius 1 is 1.19 bits per heavy atom. The molecular weight excluding hydrogens is 362 g/mol.